The summed E-state index contributed by atoms with van der Waals surface area (Å²) in [7, 11) is 0. The second-order valence-electron chi connectivity index (χ2n) is 8.31. The quantitative estimate of drug-likeness (QED) is 0.432. The first-order valence-electron chi connectivity index (χ1n) is 11.1. The molecule has 2 aromatic heterocycles. The van der Waals surface area contributed by atoms with Crippen LogP contribution in [-0.4, -0.2) is 28.8 Å². The van der Waals surface area contributed by atoms with Crippen LogP contribution in [0.15, 0.2) is 82.5 Å². The van der Waals surface area contributed by atoms with Crippen LogP contribution in [0.1, 0.15) is 29.9 Å². The van der Waals surface area contributed by atoms with Gasteiger partial charge in [0, 0.05) is 5.92 Å². The third kappa shape index (κ3) is 4.61. The number of hydrogen-bond donors (Lipinski definition) is 1. The fraction of sp³-hybridized carbons (Fsp3) is 0.308. The van der Waals surface area contributed by atoms with E-state index in [2.05, 4.69) is 16.9 Å². The van der Waals surface area contributed by atoms with Gasteiger partial charge in [-0.15, -0.1) is 0 Å². The first kappa shape index (κ1) is 21.6. The Morgan fingerprint density at radius 1 is 1.00 bits per heavy atom. The van der Waals surface area contributed by atoms with Gasteiger partial charge in [-0.2, -0.15) is 0 Å². The molecule has 1 aliphatic rings. The third-order valence-electron chi connectivity index (χ3n) is 6.05. The van der Waals surface area contributed by atoms with E-state index in [4.69, 9.17) is 18.6 Å². The summed E-state index contributed by atoms with van der Waals surface area (Å²) in [6, 6.07) is 20.1. The lowest BCUT2D eigenvalue weighted by molar-refractivity contribution is -0.0745. The average molecular weight is 447 g/mol. The molecule has 7 nitrogen and oxygen atoms in total. The molecule has 4 unspecified atom stereocenters. The Balaban J connectivity index is 1.35. The lowest BCUT2D eigenvalue weighted by Crippen LogP contribution is -2.32. The molecule has 0 amide bonds. The Morgan fingerprint density at radius 3 is 2.42 bits per heavy atom. The molecule has 1 aliphatic heterocycles. The van der Waals surface area contributed by atoms with Gasteiger partial charge in [-0.1, -0.05) is 67.6 Å². The summed E-state index contributed by atoms with van der Waals surface area (Å²) < 4.78 is 24.5. The summed E-state index contributed by atoms with van der Waals surface area (Å²) in [5.41, 5.74) is 2.47. The second-order valence-corrected chi connectivity index (χ2v) is 8.31. The summed E-state index contributed by atoms with van der Waals surface area (Å²) in [4.78, 5) is 19.0. The Morgan fingerprint density at radius 2 is 1.70 bits per heavy atom. The fourth-order valence-electron chi connectivity index (χ4n) is 4.32. The van der Waals surface area contributed by atoms with Crippen LogP contribution in [-0.2, 0) is 27.4 Å². The smallest absolute Gasteiger partial charge is 0.261 e. The number of ether oxygens (including phenoxy) is 3. The van der Waals surface area contributed by atoms with E-state index in [-0.39, 0.29) is 23.7 Å². The lowest BCUT2D eigenvalue weighted by atomic mass is 9.96. The summed E-state index contributed by atoms with van der Waals surface area (Å²) in [5, 5.41) is 0.411. The monoisotopic (exact) mass is 446 g/mol. The minimum Gasteiger partial charge on any atom is -0.463 e. The molecular weight excluding hydrogens is 420 g/mol. The summed E-state index contributed by atoms with van der Waals surface area (Å²) in [5.74, 6) is 0.511. The number of aromatic amines is 1. The lowest BCUT2D eigenvalue weighted by Gasteiger charge is -2.22. The average Bonchev–Trinajstić information content (AvgIpc) is 3.41. The zero-order valence-corrected chi connectivity index (χ0v) is 18.3. The zero-order chi connectivity index (χ0) is 22.6. The maximum absolute atomic E-state index is 12.1. The molecule has 4 aromatic rings. The number of H-pyrrole nitrogens is 1. The number of nitrogens with one attached hydrogen (secondary N) is 1. The summed E-state index contributed by atoms with van der Waals surface area (Å²) in [6.45, 7) is 3.41. The Labute approximate surface area is 191 Å². The predicted molar refractivity (Wildman–Crippen MR) is 123 cm³/mol. The zero-order valence-electron chi connectivity index (χ0n) is 18.3. The normalized spacial score (nSPS) is 22.7. The van der Waals surface area contributed by atoms with E-state index in [0.29, 0.717) is 36.5 Å². The highest BCUT2D eigenvalue weighted by Gasteiger charge is 2.45. The van der Waals surface area contributed by atoms with Crippen molar-refractivity contribution in [2.24, 2.45) is 5.92 Å². The first-order valence-corrected chi connectivity index (χ1v) is 11.1. The van der Waals surface area contributed by atoms with Crippen molar-refractivity contribution in [1.82, 2.24) is 9.97 Å². The first-order chi connectivity index (χ1) is 16.2. The molecule has 1 N–H and O–H groups in total. The Bertz CT molecular complexity index is 1240. The van der Waals surface area contributed by atoms with Gasteiger partial charge in [0.2, 0.25) is 0 Å². The molecule has 0 radical (unpaired) electrons. The van der Waals surface area contributed by atoms with E-state index in [1.54, 1.807) is 0 Å². The SMILES string of the molecule is CC1C(c2occ3c(=O)[nH]cnc23)OC(COCc2ccccc2)C1OCc1ccccc1. The fourth-order valence-corrected chi connectivity index (χ4v) is 4.32. The highest BCUT2D eigenvalue weighted by atomic mass is 16.6. The number of fused-ring (bicyclic) bond motifs is 1. The van der Waals surface area contributed by atoms with Crippen LogP contribution < -0.4 is 5.56 Å². The standard InChI is InChI=1S/C26H26N2O5/c1-17-23(31-13-19-10-6-3-7-11-19)21(15-30-12-18-8-4-2-5-9-18)33-24(17)25-22-20(14-32-25)26(29)28-16-27-22/h2-11,14,16-17,21,23-24H,12-13,15H2,1H3,(H,27,28,29). The van der Waals surface area contributed by atoms with Crippen molar-refractivity contribution in [3.63, 3.8) is 0 Å². The van der Waals surface area contributed by atoms with E-state index in [9.17, 15) is 4.79 Å². The second kappa shape index (κ2) is 9.70. The summed E-state index contributed by atoms with van der Waals surface area (Å²) >= 11 is 0. The van der Waals surface area contributed by atoms with Crippen molar-refractivity contribution >= 4 is 10.9 Å². The van der Waals surface area contributed by atoms with Crippen LogP contribution in [0, 0.1) is 5.92 Å². The number of nitrogens with zero attached hydrogens (tertiary/aromatic N) is 1. The Kier molecular flexibility index (Phi) is 6.35. The van der Waals surface area contributed by atoms with E-state index < -0.39 is 6.10 Å². The summed E-state index contributed by atoms with van der Waals surface area (Å²) in [6.07, 6.45) is 1.91. The molecule has 2 aromatic carbocycles. The number of hydrogen-bond acceptors (Lipinski definition) is 6. The molecule has 1 saturated heterocycles. The number of rotatable bonds is 8. The van der Waals surface area contributed by atoms with E-state index in [1.807, 2.05) is 60.7 Å². The molecule has 170 valence electrons. The van der Waals surface area contributed by atoms with Crippen LogP contribution >= 0.6 is 0 Å². The van der Waals surface area contributed by atoms with Gasteiger partial charge in [0.1, 0.15) is 29.4 Å². The number of benzene rings is 2. The molecule has 0 bridgehead atoms. The molecule has 5 rings (SSSR count). The van der Waals surface area contributed by atoms with E-state index in [1.165, 1.54) is 12.6 Å². The molecule has 3 heterocycles. The molecular formula is C26H26N2O5. The van der Waals surface area contributed by atoms with Crippen molar-refractivity contribution in [3.05, 3.63) is 100 Å². The van der Waals surface area contributed by atoms with Crippen molar-refractivity contribution in [2.75, 3.05) is 6.61 Å². The van der Waals surface area contributed by atoms with Crippen molar-refractivity contribution in [3.8, 4) is 0 Å². The highest BCUT2D eigenvalue weighted by molar-refractivity contribution is 5.79. The Hall–Kier alpha value is -3.26. The van der Waals surface area contributed by atoms with Crippen molar-refractivity contribution in [2.45, 2.75) is 38.4 Å². The maximum Gasteiger partial charge on any atom is 0.261 e. The van der Waals surface area contributed by atoms with Gasteiger partial charge in [-0.05, 0) is 11.1 Å². The van der Waals surface area contributed by atoms with Gasteiger partial charge in [0.25, 0.3) is 5.56 Å². The molecule has 0 saturated carbocycles. The highest BCUT2D eigenvalue weighted by Crippen LogP contribution is 2.42. The van der Waals surface area contributed by atoms with Gasteiger partial charge in [-0.25, -0.2) is 4.98 Å². The number of aromatic nitrogens is 2. The molecule has 0 aliphatic carbocycles. The maximum atomic E-state index is 12.1. The van der Waals surface area contributed by atoms with Gasteiger partial charge in [-0.3, -0.25) is 4.79 Å². The largest absolute Gasteiger partial charge is 0.463 e. The van der Waals surface area contributed by atoms with Crippen molar-refractivity contribution in [1.29, 1.82) is 0 Å². The molecule has 1 fully saturated rings. The van der Waals surface area contributed by atoms with Gasteiger partial charge >= 0.3 is 0 Å². The molecule has 4 atom stereocenters. The van der Waals surface area contributed by atoms with Crippen LogP contribution in [0.2, 0.25) is 0 Å². The molecule has 33 heavy (non-hydrogen) atoms. The number of furan rings is 1. The van der Waals surface area contributed by atoms with Crippen LogP contribution in [0.5, 0.6) is 0 Å². The third-order valence-corrected chi connectivity index (χ3v) is 6.05. The minimum atomic E-state index is -0.400. The van der Waals surface area contributed by atoms with Crippen LogP contribution in [0.4, 0.5) is 0 Å². The van der Waals surface area contributed by atoms with E-state index in [0.717, 1.165) is 11.1 Å². The van der Waals surface area contributed by atoms with Gasteiger partial charge in [0.05, 0.1) is 32.3 Å². The van der Waals surface area contributed by atoms with Crippen molar-refractivity contribution < 1.29 is 18.6 Å². The van der Waals surface area contributed by atoms with Gasteiger partial charge in [0.15, 0.2) is 5.76 Å². The predicted octanol–water partition coefficient (Wildman–Crippen LogP) is 4.39. The van der Waals surface area contributed by atoms with E-state index >= 15 is 0 Å². The van der Waals surface area contributed by atoms with Crippen LogP contribution in [0.25, 0.3) is 10.9 Å². The van der Waals surface area contributed by atoms with Gasteiger partial charge < -0.3 is 23.6 Å². The molecule has 7 heteroatoms. The topological polar surface area (TPSA) is 86.6 Å². The van der Waals surface area contributed by atoms with Crippen LogP contribution in [0.3, 0.4) is 0 Å². The molecule has 0 spiro atoms. The minimum absolute atomic E-state index is 0.0329.